The molecule has 2 nitrogen and oxygen atoms in total. The molecule has 2 aliphatic heterocycles. The largest absolute Gasteiger partial charge is 0.370 e. The van der Waals surface area contributed by atoms with Crippen LogP contribution in [0.4, 0.5) is 4.39 Å². The summed E-state index contributed by atoms with van der Waals surface area (Å²) in [6.45, 7) is 1.49. The molecule has 2 aliphatic rings. The highest BCUT2D eigenvalue weighted by Crippen LogP contribution is 2.39. The van der Waals surface area contributed by atoms with Crippen molar-refractivity contribution in [2.75, 3.05) is 13.2 Å². The Hall–Kier alpha value is -0.640. The maximum absolute atomic E-state index is 13.3. The summed E-state index contributed by atoms with van der Waals surface area (Å²) >= 11 is 6.18. The van der Waals surface area contributed by atoms with Gasteiger partial charge in [0, 0.05) is 6.04 Å². The summed E-state index contributed by atoms with van der Waals surface area (Å²) in [4.78, 5) is 0. The van der Waals surface area contributed by atoms with E-state index in [0.29, 0.717) is 12.6 Å². The Balaban J connectivity index is 1.96. The Morgan fingerprint density at radius 3 is 3.00 bits per heavy atom. The summed E-state index contributed by atoms with van der Waals surface area (Å²) in [5.74, 6) is -0.227. The van der Waals surface area contributed by atoms with Crippen molar-refractivity contribution in [3.8, 4) is 0 Å². The Bertz CT molecular complexity index is 420. The number of rotatable bonds is 1. The van der Waals surface area contributed by atoms with Crippen LogP contribution >= 0.6 is 11.6 Å². The van der Waals surface area contributed by atoms with Crippen LogP contribution in [0.15, 0.2) is 18.2 Å². The van der Waals surface area contributed by atoms with Crippen LogP contribution in [0.3, 0.4) is 0 Å². The van der Waals surface area contributed by atoms with E-state index in [2.05, 4.69) is 5.32 Å². The van der Waals surface area contributed by atoms with Crippen LogP contribution in [0.2, 0.25) is 0 Å². The molecular weight excluding hydrogens is 241 g/mol. The molecule has 3 atom stereocenters. The van der Waals surface area contributed by atoms with Crippen LogP contribution in [0.1, 0.15) is 35.4 Å². The van der Waals surface area contributed by atoms with Crippen LogP contribution in [0.5, 0.6) is 0 Å². The summed E-state index contributed by atoms with van der Waals surface area (Å²) in [7, 11) is 0. The van der Waals surface area contributed by atoms with E-state index in [9.17, 15) is 4.39 Å². The molecule has 0 saturated carbocycles. The second-order valence-electron chi connectivity index (χ2n) is 4.70. The van der Waals surface area contributed by atoms with Crippen molar-refractivity contribution in [2.24, 2.45) is 0 Å². The van der Waals surface area contributed by atoms with E-state index in [1.807, 2.05) is 6.07 Å². The first-order valence-corrected chi connectivity index (χ1v) is 6.48. The van der Waals surface area contributed by atoms with Crippen molar-refractivity contribution in [1.82, 2.24) is 5.32 Å². The van der Waals surface area contributed by atoms with Gasteiger partial charge in [-0.3, -0.25) is 0 Å². The van der Waals surface area contributed by atoms with Crippen molar-refractivity contribution in [3.63, 3.8) is 0 Å². The van der Waals surface area contributed by atoms with Crippen molar-refractivity contribution < 1.29 is 9.13 Å². The fourth-order valence-corrected chi connectivity index (χ4v) is 3.01. The number of alkyl halides is 1. The average Bonchev–Trinajstić information content (AvgIpc) is 2.84. The van der Waals surface area contributed by atoms with E-state index in [1.165, 1.54) is 18.6 Å². The quantitative estimate of drug-likeness (QED) is 0.779. The molecule has 17 heavy (non-hydrogen) atoms. The van der Waals surface area contributed by atoms with Crippen molar-refractivity contribution >= 4 is 11.6 Å². The predicted octanol–water partition coefficient (Wildman–Crippen LogP) is 2.93. The van der Waals surface area contributed by atoms with Crippen LogP contribution in [0.25, 0.3) is 0 Å². The number of nitrogens with one attached hydrogen (secondary N) is 1. The molecule has 92 valence electrons. The minimum atomic E-state index is -0.238. The molecule has 3 rings (SSSR count). The topological polar surface area (TPSA) is 21.3 Å². The molecule has 1 saturated heterocycles. The van der Waals surface area contributed by atoms with Gasteiger partial charge in [-0.25, -0.2) is 4.39 Å². The molecule has 1 aromatic rings. The van der Waals surface area contributed by atoms with E-state index >= 15 is 0 Å². The van der Waals surface area contributed by atoms with Gasteiger partial charge < -0.3 is 10.1 Å². The van der Waals surface area contributed by atoms with Crippen LogP contribution < -0.4 is 5.32 Å². The summed E-state index contributed by atoms with van der Waals surface area (Å²) in [6.07, 6.45) is 2.29. The van der Waals surface area contributed by atoms with Crippen molar-refractivity contribution in [2.45, 2.75) is 30.4 Å². The van der Waals surface area contributed by atoms with Gasteiger partial charge in [0.15, 0.2) is 0 Å². The van der Waals surface area contributed by atoms with Gasteiger partial charge >= 0.3 is 0 Å². The zero-order valence-corrected chi connectivity index (χ0v) is 10.2. The summed E-state index contributed by atoms with van der Waals surface area (Å²) in [5, 5.41) is 3.20. The molecule has 0 aliphatic carbocycles. The molecule has 2 heterocycles. The maximum atomic E-state index is 13.3. The van der Waals surface area contributed by atoms with Gasteiger partial charge in [0.05, 0.1) is 18.1 Å². The molecule has 4 heteroatoms. The number of hydrogen-bond donors (Lipinski definition) is 1. The summed E-state index contributed by atoms with van der Waals surface area (Å²) in [6, 6.07) is 5.17. The molecule has 1 aromatic carbocycles. The first-order valence-electron chi connectivity index (χ1n) is 6.04. The Kier molecular flexibility index (Phi) is 3.07. The molecule has 2 unspecified atom stereocenters. The lowest BCUT2D eigenvalue weighted by Gasteiger charge is -2.32. The standard InChI is InChI=1S/C13H15ClFNO/c14-11-7-17-13(12-2-1-5-16-12)9-4-3-8(15)6-10(9)11/h3-4,6,11-13,16H,1-2,5,7H2/t11?,12-,13?/m0/s1. The Morgan fingerprint density at radius 2 is 2.24 bits per heavy atom. The van der Waals surface area contributed by atoms with Crippen LogP contribution in [-0.2, 0) is 4.74 Å². The van der Waals surface area contributed by atoms with Gasteiger partial charge in [-0.15, -0.1) is 11.6 Å². The van der Waals surface area contributed by atoms with Gasteiger partial charge in [-0.2, -0.15) is 0 Å². The van der Waals surface area contributed by atoms with Gasteiger partial charge in [0.25, 0.3) is 0 Å². The smallest absolute Gasteiger partial charge is 0.123 e. The highest BCUT2D eigenvalue weighted by molar-refractivity contribution is 6.21. The second kappa shape index (κ2) is 4.56. The zero-order chi connectivity index (χ0) is 11.8. The zero-order valence-electron chi connectivity index (χ0n) is 9.46. The lowest BCUT2D eigenvalue weighted by molar-refractivity contribution is 0.0175. The monoisotopic (exact) mass is 255 g/mol. The first-order chi connectivity index (χ1) is 8.25. The SMILES string of the molecule is Fc1ccc2c(c1)C(Cl)COC2[C@@H]1CCCN1. The molecule has 1 fully saturated rings. The third-order valence-corrected chi connectivity index (χ3v) is 3.94. The normalized spacial score (nSPS) is 32.5. The Labute approximate surface area is 105 Å². The minimum Gasteiger partial charge on any atom is -0.370 e. The molecule has 1 N–H and O–H groups in total. The third kappa shape index (κ3) is 2.07. The fourth-order valence-electron chi connectivity index (χ4n) is 2.75. The number of ether oxygens (including phenoxy) is 1. The van der Waals surface area contributed by atoms with E-state index in [4.69, 9.17) is 16.3 Å². The van der Waals surface area contributed by atoms with Gasteiger partial charge in [0.1, 0.15) is 5.82 Å². The molecule has 0 radical (unpaired) electrons. The highest BCUT2D eigenvalue weighted by atomic mass is 35.5. The number of hydrogen-bond acceptors (Lipinski definition) is 2. The number of halogens is 2. The lowest BCUT2D eigenvalue weighted by Crippen LogP contribution is -2.34. The van der Waals surface area contributed by atoms with E-state index < -0.39 is 0 Å². The van der Waals surface area contributed by atoms with Gasteiger partial charge in [-0.1, -0.05) is 6.07 Å². The highest BCUT2D eigenvalue weighted by Gasteiger charge is 2.33. The maximum Gasteiger partial charge on any atom is 0.123 e. The molecule has 0 aromatic heterocycles. The van der Waals surface area contributed by atoms with E-state index in [0.717, 1.165) is 24.1 Å². The molecule has 0 spiro atoms. The van der Waals surface area contributed by atoms with E-state index in [1.54, 1.807) is 0 Å². The predicted molar refractivity (Wildman–Crippen MR) is 64.7 cm³/mol. The van der Waals surface area contributed by atoms with Gasteiger partial charge in [-0.05, 0) is 42.6 Å². The second-order valence-corrected chi connectivity index (χ2v) is 5.22. The fraction of sp³-hybridized carbons (Fsp3) is 0.538. The number of fused-ring (bicyclic) bond motifs is 1. The number of benzene rings is 1. The Morgan fingerprint density at radius 1 is 1.35 bits per heavy atom. The van der Waals surface area contributed by atoms with Crippen molar-refractivity contribution in [1.29, 1.82) is 0 Å². The van der Waals surface area contributed by atoms with Gasteiger partial charge in [0.2, 0.25) is 0 Å². The van der Waals surface area contributed by atoms with Crippen LogP contribution in [0, 0.1) is 5.82 Å². The van der Waals surface area contributed by atoms with Crippen molar-refractivity contribution in [3.05, 3.63) is 35.1 Å². The molecule has 0 bridgehead atoms. The molecular formula is C13H15ClFNO. The average molecular weight is 256 g/mol. The lowest BCUT2D eigenvalue weighted by atomic mass is 9.92. The first kappa shape index (κ1) is 11.5. The third-order valence-electron chi connectivity index (χ3n) is 3.58. The summed E-state index contributed by atoms with van der Waals surface area (Å²) in [5.41, 5.74) is 1.92. The minimum absolute atomic E-state index is 0.0168. The molecule has 0 amide bonds. The van der Waals surface area contributed by atoms with Crippen LogP contribution in [-0.4, -0.2) is 19.2 Å². The van der Waals surface area contributed by atoms with E-state index in [-0.39, 0.29) is 17.3 Å². The summed E-state index contributed by atoms with van der Waals surface area (Å²) < 4.78 is 19.1.